The molecule has 1 aliphatic rings. The number of ether oxygens (including phenoxy) is 1. The molecule has 5 nitrogen and oxygen atoms in total. The minimum Gasteiger partial charge on any atom is -0.379 e. The molecule has 0 aliphatic carbocycles. The quantitative estimate of drug-likeness (QED) is 0.801. The largest absolute Gasteiger partial charge is 0.379 e. The van der Waals surface area contributed by atoms with Gasteiger partial charge < -0.3 is 10.1 Å². The molecule has 1 aromatic rings. The Morgan fingerprint density at radius 2 is 1.91 bits per heavy atom. The van der Waals surface area contributed by atoms with Crippen LogP contribution in [0.25, 0.3) is 0 Å². The molecule has 0 bridgehead atoms. The molecule has 8 heteroatoms. The van der Waals surface area contributed by atoms with E-state index in [-0.39, 0.29) is 29.2 Å². The zero-order valence-electron chi connectivity index (χ0n) is 12.0. The highest BCUT2D eigenvalue weighted by Crippen LogP contribution is 2.02. The summed E-state index contributed by atoms with van der Waals surface area (Å²) < 4.78 is 18.0. The van der Waals surface area contributed by atoms with Crippen LogP contribution in [0.2, 0.25) is 0 Å². The van der Waals surface area contributed by atoms with E-state index in [1.807, 2.05) is 0 Å². The third-order valence-electron chi connectivity index (χ3n) is 3.15. The molecule has 2 rings (SSSR count). The number of hydrogen-bond donors (Lipinski definition) is 2. The number of hydrogen-bond acceptors (Lipinski definition) is 4. The second-order valence-corrected chi connectivity index (χ2v) is 5.08. The van der Waals surface area contributed by atoms with Crippen molar-refractivity contribution in [3.8, 4) is 0 Å². The fourth-order valence-electron chi connectivity index (χ4n) is 1.97. The van der Waals surface area contributed by atoms with E-state index in [1.165, 1.54) is 24.3 Å². The van der Waals surface area contributed by atoms with Gasteiger partial charge in [0.25, 0.3) is 5.91 Å². The molecule has 0 atom stereocenters. The van der Waals surface area contributed by atoms with Gasteiger partial charge in [-0.25, -0.2) is 4.39 Å². The minimum atomic E-state index is -0.377. The molecule has 2 N–H and O–H groups in total. The average Bonchev–Trinajstić information content (AvgIpc) is 2.49. The summed E-state index contributed by atoms with van der Waals surface area (Å²) in [4.78, 5) is 14.1. The fraction of sp³-hybridized carbons (Fsp3) is 0.429. The van der Waals surface area contributed by atoms with Crippen LogP contribution in [-0.4, -0.2) is 55.3 Å². The molecule has 0 saturated carbocycles. The van der Waals surface area contributed by atoms with Crippen LogP contribution in [-0.2, 0) is 4.74 Å². The predicted molar refractivity (Wildman–Crippen MR) is 89.0 cm³/mol. The second-order valence-electron chi connectivity index (χ2n) is 4.67. The van der Waals surface area contributed by atoms with Gasteiger partial charge in [0.1, 0.15) is 5.82 Å². The van der Waals surface area contributed by atoms with E-state index in [9.17, 15) is 9.18 Å². The topological polar surface area (TPSA) is 53.6 Å². The Balaban J connectivity index is 0.00000242. The van der Waals surface area contributed by atoms with Crippen LogP contribution < -0.4 is 10.6 Å². The smallest absolute Gasteiger partial charge is 0.257 e. The Morgan fingerprint density at radius 3 is 2.55 bits per heavy atom. The van der Waals surface area contributed by atoms with E-state index < -0.39 is 0 Å². The monoisotopic (exact) mass is 347 g/mol. The number of carbonyl (C=O) groups excluding carboxylic acids is 1. The van der Waals surface area contributed by atoms with Crippen LogP contribution in [0.3, 0.4) is 0 Å². The number of morpholine rings is 1. The maximum Gasteiger partial charge on any atom is 0.257 e. The Bertz CT molecular complexity index is 495. The number of amides is 1. The van der Waals surface area contributed by atoms with Crippen LogP contribution in [0.15, 0.2) is 24.3 Å². The Hall–Kier alpha value is -1.28. The molecule has 1 aromatic carbocycles. The average molecular weight is 348 g/mol. The summed E-state index contributed by atoms with van der Waals surface area (Å²) in [5, 5.41) is 5.83. The molecular formula is C14H19ClFN3O2S. The molecule has 1 amide bonds. The van der Waals surface area contributed by atoms with E-state index >= 15 is 0 Å². The summed E-state index contributed by atoms with van der Waals surface area (Å²) >= 11 is 5.06. The first-order valence-corrected chi connectivity index (χ1v) is 7.21. The minimum absolute atomic E-state index is 0. The van der Waals surface area contributed by atoms with Gasteiger partial charge in [0.2, 0.25) is 0 Å². The zero-order valence-corrected chi connectivity index (χ0v) is 13.6. The van der Waals surface area contributed by atoms with Crippen molar-refractivity contribution >= 4 is 35.6 Å². The highest BCUT2D eigenvalue weighted by atomic mass is 35.5. The van der Waals surface area contributed by atoms with Crippen LogP contribution in [0.1, 0.15) is 10.4 Å². The summed E-state index contributed by atoms with van der Waals surface area (Å²) in [5.74, 6) is -0.725. The van der Waals surface area contributed by atoms with Gasteiger partial charge in [-0.05, 0) is 36.5 Å². The molecule has 0 radical (unpaired) electrons. The number of rotatable bonds is 4. The Morgan fingerprint density at radius 1 is 1.27 bits per heavy atom. The van der Waals surface area contributed by atoms with Crippen molar-refractivity contribution in [1.29, 1.82) is 0 Å². The van der Waals surface area contributed by atoms with Gasteiger partial charge in [0.05, 0.1) is 13.2 Å². The van der Waals surface area contributed by atoms with Crippen molar-refractivity contribution in [2.75, 3.05) is 39.4 Å². The third-order valence-corrected chi connectivity index (χ3v) is 3.40. The zero-order chi connectivity index (χ0) is 15.1. The van der Waals surface area contributed by atoms with Crippen molar-refractivity contribution in [3.63, 3.8) is 0 Å². The lowest BCUT2D eigenvalue weighted by atomic mass is 10.2. The molecule has 0 spiro atoms. The Labute approximate surface area is 140 Å². The van der Waals surface area contributed by atoms with E-state index in [2.05, 4.69) is 15.5 Å². The summed E-state index contributed by atoms with van der Waals surface area (Å²) in [6, 6.07) is 5.32. The van der Waals surface area contributed by atoms with Crippen LogP contribution in [0.4, 0.5) is 4.39 Å². The molecule has 22 heavy (non-hydrogen) atoms. The molecule has 1 saturated heterocycles. The fourth-order valence-corrected chi connectivity index (χ4v) is 2.17. The van der Waals surface area contributed by atoms with Crippen molar-refractivity contribution in [1.82, 2.24) is 15.5 Å². The number of benzene rings is 1. The molecule has 1 fully saturated rings. The first-order valence-electron chi connectivity index (χ1n) is 6.80. The van der Waals surface area contributed by atoms with E-state index in [0.717, 1.165) is 32.8 Å². The van der Waals surface area contributed by atoms with Crippen molar-refractivity contribution in [2.45, 2.75) is 0 Å². The summed E-state index contributed by atoms with van der Waals surface area (Å²) in [7, 11) is 0. The maximum atomic E-state index is 12.8. The molecule has 1 heterocycles. The molecule has 1 aliphatic heterocycles. The van der Waals surface area contributed by atoms with Gasteiger partial charge in [-0.2, -0.15) is 0 Å². The molecule has 122 valence electrons. The van der Waals surface area contributed by atoms with E-state index in [1.54, 1.807) is 0 Å². The van der Waals surface area contributed by atoms with Crippen LogP contribution in [0, 0.1) is 5.82 Å². The van der Waals surface area contributed by atoms with Crippen molar-refractivity contribution in [3.05, 3.63) is 35.6 Å². The van der Waals surface area contributed by atoms with Crippen molar-refractivity contribution in [2.24, 2.45) is 0 Å². The molecule has 0 aromatic heterocycles. The number of carbonyl (C=O) groups is 1. The second kappa shape index (κ2) is 9.68. The SMILES string of the molecule is Cl.O=C(NC(=S)NCCN1CCOCC1)c1ccc(F)cc1. The van der Waals surface area contributed by atoms with E-state index in [4.69, 9.17) is 17.0 Å². The number of halogens is 2. The Kier molecular flexibility index (Phi) is 8.26. The number of nitrogens with zero attached hydrogens (tertiary/aromatic N) is 1. The van der Waals surface area contributed by atoms with Gasteiger partial charge in [-0.1, -0.05) is 0 Å². The summed E-state index contributed by atoms with van der Waals surface area (Å²) in [6.07, 6.45) is 0. The lowest BCUT2D eigenvalue weighted by Crippen LogP contribution is -2.44. The number of nitrogens with one attached hydrogen (secondary N) is 2. The highest BCUT2D eigenvalue weighted by Gasteiger charge is 2.10. The number of thiocarbonyl (C=S) groups is 1. The van der Waals surface area contributed by atoms with Gasteiger partial charge in [0, 0.05) is 31.7 Å². The van der Waals surface area contributed by atoms with Crippen molar-refractivity contribution < 1.29 is 13.9 Å². The third kappa shape index (κ3) is 6.23. The van der Waals surface area contributed by atoms with Gasteiger partial charge >= 0.3 is 0 Å². The first-order chi connectivity index (χ1) is 10.1. The van der Waals surface area contributed by atoms with Gasteiger partial charge in [-0.3, -0.25) is 15.0 Å². The van der Waals surface area contributed by atoms with Crippen LogP contribution >= 0.6 is 24.6 Å². The van der Waals surface area contributed by atoms with Crippen LogP contribution in [0.5, 0.6) is 0 Å². The standard InChI is InChI=1S/C14H18FN3O2S.ClH/c15-12-3-1-11(2-4-12)13(19)17-14(21)16-5-6-18-7-9-20-10-8-18;/h1-4H,5-10H2,(H2,16,17,19,21);1H. The molecule has 0 unspecified atom stereocenters. The van der Waals surface area contributed by atoms with E-state index in [0.29, 0.717) is 12.1 Å². The highest BCUT2D eigenvalue weighted by molar-refractivity contribution is 7.80. The van der Waals surface area contributed by atoms with Gasteiger partial charge in [-0.15, -0.1) is 12.4 Å². The summed E-state index contributed by atoms with van der Waals surface area (Å²) in [6.45, 7) is 4.84. The predicted octanol–water partition coefficient (Wildman–Crippen LogP) is 1.18. The van der Waals surface area contributed by atoms with Gasteiger partial charge in [0.15, 0.2) is 5.11 Å². The first kappa shape index (κ1) is 18.8. The maximum absolute atomic E-state index is 12.8. The lowest BCUT2D eigenvalue weighted by Gasteiger charge is -2.26. The molecular weight excluding hydrogens is 329 g/mol. The lowest BCUT2D eigenvalue weighted by molar-refractivity contribution is 0.0389. The normalized spacial score (nSPS) is 14.8. The summed E-state index contributed by atoms with van der Waals surface area (Å²) in [5.41, 5.74) is 0.369.